The van der Waals surface area contributed by atoms with Crippen molar-refractivity contribution >= 4 is 21.7 Å². The molecule has 1 amide bonds. The normalized spacial score (nSPS) is 11.0. The Balaban J connectivity index is 1.61. The number of ether oxygens (including phenoxy) is 3. The molecule has 0 radical (unpaired) electrons. The van der Waals surface area contributed by atoms with Crippen molar-refractivity contribution in [2.45, 2.75) is 11.8 Å². The number of amides is 1. The first-order chi connectivity index (χ1) is 15.9. The summed E-state index contributed by atoms with van der Waals surface area (Å²) < 4.78 is 46.2. The third kappa shape index (κ3) is 6.71. The summed E-state index contributed by atoms with van der Waals surface area (Å²) in [6, 6.07) is 18.8. The second-order valence-corrected chi connectivity index (χ2v) is 8.28. The molecule has 0 saturated heterocycles. The van der Waals surface area contributed by atoms with Crippen molar-refractivity contribution < 1.29 is 31.6 Å². The van der Waals surface area contributed by atoms with Crippen molar-refractivity contribution in [3.05, 3.63) is 78.4 Å². The molecule has 174 valence electrons. The van der Waals surface area contributed by atoms with Crippen LogP contribution in [0.15, 0.2) is 77.7 Å². The Bertz CT molecular complexity index is 1160. The topological polar surface area (TPSA) is 100 Å². The van der Waals surface area contributed by atoms with Gasteiger partial charge in [0.25, 0.3) is 5.91 Å². The molecule has 0 atom stereocenters. The van der Waals surface area contributed by atoms with E-state index in [2.05, 4.69) is 5.32 Å². The zero-order valence-corrected chi connectivity index (χ0v) is 19.1. The van der Waals surface area contributed by atoms with E-state index in [-0.39, 0.29) is 16.6 Å². The summed E-state index contributed by atoms with van der Waals surface area (Å²) in [6.07, 6.45) is 0. The summed E-state index contributed by atoms with van der Waals surface area (Å²) >= 11 is 0. The van der Waals surface area contributed by atoms with Gasteiger partial charge in [0.05, 0.1) is 19.3 Å². The Morgan fingerprint density at radius 3 is 2.21 bits per heavy atom. The molecule has 1 N–H and O–H groups in total. The number of nitrogens with one attached hydrogen (secondary N) is 1. The second-order valence-electron chi connectivity index (χ2n) is 6.73. The molecular weight excluding hydrogens is 446 g/mol. The number of hydrogen-bond donors (Lipinski definition) is 1. The van der Waals surface area contributed by atoms with Crippen molar-refractivity contribution in [3.8, 4) is 17.2 Å². The fourth-order valence-electron chi connectivity index (χ4n) is 2.86. The molecule has 0 aliphatic heterocycles. The monoisotopic (exact) mass is 471 g/mol. The van der Waals surface area contributed by atoms with E-state index in [1.807, 2.05) is 6.92 Å². The molecule has 3 aromatic rings. The Labute approximate surface area is 193 Å². The van der Waals surface area contributed by atoms with Crippen LogP contribution in [0.4, 0.5) is 5.69 Å². The SMILES string of the molecule is CCOCCOc1ccc(S(=O)(=O)Oc2ccc(NC(=O)c3ccccc3OC)cc2)cc1. The minimum Gasteiger partial charge on any atom is -0.496 e. The lowest BCUT2D eigenvalue weighted by molar-refractivity contribution is 0.102. The van der Waals surface area contributed by atoms with Gasteiger partial charge in [0.2, 0.25) is 0 Å². The van der Waals surface area contributed by atoms with E-state index >= 15 is 0 Å². The minimum atomic E-state index is -4.03. The van der Waals surface area contributed by atoms with Gasteiger partial charge in [-0.2, -0.15) is 8.42 Å². The van der Waals surface area contributed by atoms with E-state index in [0.717, 1.165) is 0 Å². The Hall–Kier alpha value is -3.56. The van der Waals surface area contributed by atoms with Crippen molar-refractivity contribution in [2.75, 3.05) is 32.2 Å². The average Bonchev–Trinajstić information content (AvgIpc) is 2.83. The van der Waals surface area contributed by atoms with Gasteiger partial charge >= 0.3 is 10.1 Å². The van der Waals surface area contributed by atoms with Gasteiger partial charge in [-0.3, -0.25) is 4.79 Å². The van der Waals surface area contributed by atoms with Gasteiger partial charge in [-0.15, -0.1) is 0 Å². The molecule has 3 aromatic carbocycles. The van der Waals surface area contributed by atoms with Crippen molar-refractivity contribution in [2.24, 2.45) is 0 Å². The van der Waals surface area contributed by atoms with E-state index in [9.17, 15) is 13.2 Å². The first-order valence-corrected chi connectivity index (χ1v) is 11.6. The maximum Gasteiger partial charge on any atom is 0.339 e. The number of rotatable bonds is 11. The molecule has 3 rings (SSSR count). The van der Waals surface area contributed by atoms with Gasteiger partial charge in [-0.25, -0.2) is 0 Å². The van der Waals surface area contributed by atoms with Crippen LogP contribution in [0.3, 0.4) is 0 Å². The van der Waals surface area contributed by atoms with Crippen LogP contribution in [0.2, 0.25) is 0 Å². The number of carbonyl (C=O) groups is 1. The quantitative estimate of drug-likeness (QED) is 0.331. The van der Waals surface area contributed by atoms with Crippen LogP contribution in [-0.2, 0) is 14.9 Å². The average molecular weight is 472 g/mol. The molecular formula is C24H25NO7S. The third-order valence-corrected chi connectivity index (χ3v) is 5.74. The van der Waals surface area contributed by atoms with Crippen LogP contribution in [0, 0.1) is 0 Å². The lowest BCUT2D eigenvalue weighted by Gasteiger charge is -2.11. The summed E-state index contributed by atoms with van der Waals surface area (Å²) in [5, 5.41) is 2.74. The zero-order valence-electron chi connectivity index (χ0n) is 18.3. The predicted octanol–water partition coefficient (Wildman–Crippen LogP) is 4.13. The van der Waals surface area contributed by atoms with Gasteiger partial charge in [-0.1, -0.05) is 12.1 Å². The molecule has 0 spiro atoms. The van der Waals surface area contributed by atoms with Crippen molar-refractivity contribution in [1.82, 2.24) is 0 Å². The molecule has 0 fully saturated rings. The highest BCUT2D eigenvalue weighted by atomic mass is 32.2. The van der Waals surface area contributed by atoms with Gasteiger partial charge in [0.1, 0.15) is 28.8 Å². The molecule has 0 aliphatic carbocycles. The maximum absolute atomic E-state index is 12.6. The Morgan fingerprint density at radius 1 is 0.879 bits per heavy atom. The minimum absolute atomic E-state index is 0.00629. The van der Waals surface area contributed by atoms with Gasteiger partial charge in [-0.05, 0) is 67.6 Å². The maximum atomic E-state index is 12.6. The first-order valence-electron chi connectivity index (χ1n) is 10.2. The van der Waals surface area contributed by atoms with Gasteiger partial charge in [0, 0.05) is 12.3 Å². The van der Waals surface area contributed by atoms with E-state index in [0.29, 0.717) is 42.6 Å². The highest BCUT2D eigenvalue weighted by Gasteiger charge is 2.17. The Morgan fingerprint density at radius 2 is 1.55 bits per heavy atom. The van der Waals surface area contributed by atoms with Gasteiger partial charge in [0.15, 0.2) is 0 Å². The second kappa shape index (κ2) is 11.3. The van der Waals surface area contributed by atoms with Crippen LogP contribution in [-0.4, -0.2) is 41.3 Å². The number of para-hydroxylation sites is 1. The van der Waals surface area contributed by atoms with Crippen LogP contribution in [0.1, 0.15) is 17.3 Å². The fourth-order valence-corrected chi connectivity index (χ4v) is 3.79. The molecule has 8 nitrogen and oxygen atoms in total. The van der Waals surface area contributed by atoms with Crippen LogP contribution in [0.25, 0.3) is 0 Å². The summed E-state index contributed by atoms with van der Waals surface area (Å²) in [5.74, 6) is 0.746. The van der Waals surface area contributed by atoms with Crippen LogP contribution >= 0.6 is 0 Å². The van der Waals surface area contributed by atoms with E-state index in [1.54, 1.807) is 48.5 Å². The molecule has 0 aliphatic rings. The lowest BCUT2D eigenvalue weighted by atomic mass is 10.2. The largest absolute Gasteiger partial charge is 0.496 e. The summed E-state index contributed by atoms with van der Waals surface area (Å²) in [5.41, 5.74) is 0.859. The van der Waals surface area contributed by atoms with Crippen molar-refractivity contribution in [3.63, 3.8) is 0 Å². The van der Waals surface area contributed by atoms with E-state index in [4.69, 9.17) is 18.4 Å². The molecule has 0 heterocycles. The smallest absolute Gasteiger partial charge is 0.339 e. The highest BCUT2D eigenvalue weighted by molar-refractivity contribution is 7.87. The number of carbonyl (C=O) groups excluding carboxylic acids is 1. The first kappa shape index (κ1) is 24.1. The number of benzene rings is 3. The molecule has 0 unspecified atom stereocenters. The standard InChI is InChI=1S/C24H25NO7S/c1-3-30-16-17-31-19-12-14-21(15-13-19)33(27,28)32-20-10-8-18(9-11-20)25-24(26)22-6-4-5-7-23(22)29-2/h4-15H,3,16-17H2,1-2H3,(H,25,26). The zero-order chi connectivity index (χ0) is 23.7. The summed E-state index contributed by atoms with van der Waals surface area (Å²) in [6.45, 7) is 3.32. The highest BCUT2D eigenvalue weighted by Crippen LogP contribution is 2.24. The molecule has 0 bridgehead atoms. The van der Waals surface area contributed by atoms with E-state index in [1.165, 1.54) is 31.4 Å². The number of hydrogen-bond acceptors (Lipinski definition) is 7. The van der Waals surface area contributed by atoms with E-state index < -0.39 is 10.1 Å². The summed E-state index contributed by atoms with van der Waals surface area (Å²) in [4.78, 5) is 12.5. The molecule has 0 saturated carbocycles. The van der Waals surface area contributed by atoms with Crippen molar-refractivity contribution in [1.29, 1.82) is 0 Å². The number of methoxy groups -OCH3 is 1. The summed E-state index contributed by atoms with van der Waals surface area (Å²) in [7, 11) is -2.54. The third-order valence-electron chi connectivity index (χ3n) is 4.48. The fraction of sp³-hybridized carbons (Fsp3) is 0.208. The van der Waals surface area contributed by atoms with Crippen LogP contribution in [0.5, 0.6) is 17.2 Å². The molecule has 0 aromatic heterocycles. The van der Waals surface area contributed by atoms with Gasteiger partial charge < -0.3 is 23.7 Å². The Kier molecular flexibility index (Phi) is 8.28. The number of anilines is 1. The van der Waals surface area contributed by atoms with Crippen LogP contribution < -0.4 is 19.0 Å². The molecule has 33 heavy (non-hydrogen) atoms. The lowest BCUT2D eigenvalue weighted by Crippen LogP contribution is -2.13. The molecule has 9 heteroatoms. The predicted molar refractivity (Wildman–Crippen MR) is 124 cm³/mol.